The third-order valence-corrected chi connectivity index (χ3v) is 2.31. The van der Waals surface area contributed by atoms with E-state index in [4.69, 9.17) is 0 Å². The van der Waals surface area contributed by atoms with E-state index in [1.165, 1.54) is 17.4 Å². The van der Waals surface area contributed by atoms with Crippen LogP contribution in [0.4, 0.5) is 10.8 Å². The first-order chi connectivity index (χ1) is 7.27. The van der Waals surface area contributed by atoms with Gasteiger partial charge >= 0.3 is 0 Å². The Morgan fingerprint density at radius 2 is 2.07 bits per heavy atom. The number of azo groups is 1. The van der Waals surface area contributed by atoms with Gasteiger partial charge in [0.25, 0.3) is 0 Å². The Morgan fingerprint density at radius 1 is 1.20 bits per heavy atom. The highest BCUT2D eigenvalue weighted by Crippen LogP contribution is 2.35. The van der Waals surface area contributed by atoms with Crippen molar-refractivity contribution in [1.29, 1.82) is 0 Å². The number of thiazole rings is 1. The van der Waals surface area contributed by atoms with Crippen LogP contribution >= 0.6 is 11.3 Å². The fraction of sp³-hybridized carbons (Fsp3) is 0. The number of benzene rings is 1. The van der Waals surface area contributed by atoms with E-state index in [9.17, 15) is 10.2 Å². The molecule has 0 bridgehead atoms. The second kappa shape index (κ2) is 4.05. The summed E-state index contributed by atoms with van der Waals surface area (Å²) in [6.07, 6.45) is 1.61. The summed E-state index contributed by atoms with van der Waals surface area (Å²) in [5.74, 6) is -0.497. The molecule has 0 saturated heterocycles. The van der Waals surface area contributed by atoms with Crippen LogP contribution < -0.4 is 0 Å². The van der Waals surface area contributed by atoms with Gasteiger partial charge in [0.1, 0.15) is 5.69 Å². The van der Waals surface area contributed by atoms with Crippen molar-refractivity contribution in [2.24, 2.45) is 10.2 Å². The maximum atomic E-state index is 9.41. The van der Waals surface area contributed by atoms with Crippen LogP contribution in [-0.2, 0) is 0 Å². The Labute approximate surface area is 89.4 Å². The third-order valence-electron chi connectivity index (χ3n) is 1.66. The van der Waals surface area contributed by atoms with E-state index in [1.54, 1.807) is 23.7 Å². The number of hydrogen-bond acceptors (Lipinski definition) is 6. The van der Waals surface area contributed by atoms with Gasteiger partial charge < -0.3 is 10.2 Å². The molecule has 0 aliphatic heterocycles. The molecule has 0 aliphatic carbocycles. The molecular formula is C9H7N3O2S. The number of para-hydroxylation sites is 1. The lowest BCUT2D eigenvalue weighted by molar-refractivity contribution is 0.404. The van der Waals surface area contributed by atoms with Crippen molar-refractivity contribution in [1.82, 2.24) is 4.98 Å². The first kappa shape index (κ1) is 9.60. The van der Waals surface area contributed by atoms with E-state index >= 15 is 0 Å². The number of phenols is 2. The number of hydrogen-bond donors (Lipinski definition) is 2. The van der Waals surface area contributed by atoms with Gasteiger partial charge in [-0.15, -0.1) is 21.6 Å². The lowest BCUT2D eigenvalue weighted by Gasteiger charge is -1.98. The third kappa shape index (κ3) is 2.10. The Balaban J connectivity index is 2.28. The quantitative estimate of drug-likeness (QED) is 0.604. The van der Waals surface area contributed by atoms with Crippen molar-refractivity contribution < 1.29 is 10.2 Å². The molecule has 0 aliphatic rings. The largest absolute Gasteiger partial charge is 0.504 e. The van der Waals surface area contributed by atoms with Crippen LogP contribution in [0, 0.1) is 0 Å². The van der Waals surface area contributed by atoms with Crippen LogP contribution in [0.2, 0.25) is 0 Å². The molecule has 0 spiro atoms. The van der Waals surface area contributed by atoms with Crippen LogP contribution in [0.3, 0.4) is 0 Å². The maximum absolute atomic E-state index is 9.41. The second-order valence-corrected chi connectivity index (χ2v) is 3.53. The van der Waals surface area contributed by atoms with Crippen LogP contribution in [0.25, 0.3) is 0 Å². The van der Waals surface area contributed by atoms with Gasteiger partial charge in [-0.25, -0.2) is 4.98 Å². The monoisotopic (exact) mass is 221 g/mol. The molecule has 0 amide bonds. The number of nitrogens with zero attached hydrogens (tertiary/aromatic N) is 3. The first-order valence-electron chi connectivity index (χ1n) is 4.09. The fourth-order valence-corrected chi connectivity index (χ4v) is 1.42. The molecule has 0 fully saturated rings. The van der Waals surface area contributed by atoms with Crippen molar-refractivity contribution in [3.05, 3.63) is 29.8 Å². The summed E-state index contributed by atoms with van der Waals surface area (Å²) in [4.78, 5) is 3.90. The van der Waals surface area contributed by atoms with E-state index in [1.807, 2.05) is 0 Å². The molecule has 15 heavy (non-hydrogen) atoms. The predicted molar refractivity (Wildman–Crippen MR) is 56.1 cm³/mol. The highest BCUT2D eigenvalue weighted by atomic mass is 32.1. The van der Waals surface area contributed by atoms with Gasteiger partial charge in [0, 0.05) is 11.6 Å². The average Bonchev–Trinajstić information content (AvgIpc) is 2.73. The summed E-state index contributed by atoms with van der Waals surface area (Å²) >= 11 is 1.34. The molecule has 0 radical (unpaired) electrons. The van der Waals surface area contributed by atoms with E-state index in [0.29, 0.717) is 5.13 Å². The molecule has 2 rings (SSSR count). The molecule has 1 heterocycles. The molecule has 1 aromatic carbocycles. The molecule has 0 atom stereocenters. The maximum Gasteiger partial charge on any atom is 0.229 e. The molecule has 0 saturated carbocycles. The number of aromatic nitrogens is 1. The first-order valence-corrected chi connectivity index (χ1v) is 4.97. The van der Waals surface area contributed by atoms with E-state index < -0.39 is 0 Å². The number of rotatable bonds is 2. The van der Waals surface area contributed by atoms with E-state index in [0.717, 1.165) is 0 Å². The fourth-order valence-electron chi connectivity index (χ4n) is 0.962. The van der Waals surface area contributed by atoms with Gasteiger partial charge in [-0.1, -0.05) is 6.07 Å². The number of aromatic hydroxyl groups is 2. The summed E-state index contributed by atoms with van der Waals surface area (Å²) in [6.45, 7) is 0. The Kier molecular flexibility index (Phi) is 2.59. The lowest BCUT2D eigenvalue weighted by Crippen LogP contribution is -1.69. The Bertz CT molecular complexity index is 482. The van der Waals surface area contributed by atoms with Crippen LogP contribution in [0.1, 0.15) is 0 Å². The summed E-state index contributed by atoms with van der Waals surface area (Å²) in [7, 11) is 0. The Hall–Kier alpha value is -1.95. The normalized spacial score (nSPS) is 10.9. The Morgan fingerprint density at radius 3 is 2.80 bits per heavy atom. The average molecular weight is 221 g/mol. The standard InChI is InChI=1S/C9H7N3O2S/c13-7-3-1-2-6(8(7)14)11-12-9-10-4-5-15-9/h1-5,13-14H. The summed E-state index contributed by atoms with van der Waals surface area (Å²) < 4.78 is 0. The molecule has 5 nitrogen and oxygen atoms in total. The molecule has 2 N–H and O–H groups in total. The second-order valence-electron chi connectivity index (χ2n) is 2.66. The minimum atomic E-state index is -0.280. The van der Waals surface area contributed by atoms with Gasteiger partial charge in [0.05, 0.1) is 0 Å². The van der Waals surface area contributed by atoms with Crippen molar-refractivity contribution in [3.63, 3.8) is 0 Å². The van der Waals surface area contributed by atoms with Crippen LogP contribution in [-0.4, -0.2) is 15.2 Å². The minimum Gasteiger partial charge on any atom is -0.504 e. The highest BCUT2D eigenvalue weighted by molar-refractivity contribution is 7.13. The van der Waals surface area contributed by atoms with Gasteiger partial charge in [-0.05, 0) is 12.1 Å². The molecule has 6 heteroatoms. The SMILES string of the molecule is Oc1cccc(N=Nc2nccs2)c1O. The molecular weight excluding hydrogens is 214 g/mol. The zero-order valence-electron chi connectivity index (χ0n) is 7.53. The predicted octanol–water partition coefficient (Wildman–Crippen LogP) is 2.97. The molecule has 76 valence electrons. The van der Waals surface area contributed by atoms with Crippen molar-refractivity contribution in [3.8, 4) is 11.5 Å². The zero-order valence-corrected chi connectivity index (χ0v) is 8.35. The summed E-state index contributed by atoms with van der Waals surface area (Å²) in [6, 6.07) is 4.50. The van der Waals surface area contributed by atoms with Crippen molar-refractivity contribution in [2.45, 2.75) is 0 Å². The summed E-state index contributed by atoms with van der Waals surface area (Å²) in [5.41, 5.74) is 0.213. The van der Waals surface area contributed by atoms with Crippen molar-refractivity contribution >= 4 is 22.2 Å². The molecule has 2 aromatic rings. The van der Waals surface area contributed by atoms with Gasteiger partial charge in [0.2, 0.25) is 5.13 Å². The van der Waals surface area contributed by atoms with Crippen LogP contribution in [0.15, 0.2) is 40.0 Å². The van der Waals surface area contributed by atoms with Crippen molar-refractivity contribution in [2.75, 3.05) is 0 Å². The minimum absolute atomic E-state index is 0.213. The number of phenolic OH excluding ortho intramolecular Hbond substituents is 2. The molecule has 1 aromatic heterocycles. The zero-order chi connectivity index (χ0) is 10.7. The van der Waals surface area contributed by atoms with E-state index in [2.05, 4.69) is 15.2 Å². The van der Waals surface area contributed by atoms with Crippen LogP contribution in [0.5, 0.6) is 11.5 Å². The van der Waals surface area contributed by atoms with Gasteiger partial charge in [-0.3, -0.25) is 0 Å². The summed E-state index contributed by atoms with van der Waals surface area (Å²) in [5, 5.41) is 28.4. The topological polar surface area (TPSA) is 78.1 Å². The van der Waals surface area contributed by atoms with Gasteiger partial charge in [0.15, 0.2) is 11.5 Å². The van der Waals surface area contributed by atoms with Gasteiger partial charge in [-0.2, -0.15) is 0 Å². The lowest BCUT2D eigenvalue weighted by atomic mass is 10.3. The van der Waals surface area contributed by atoms with E-state index in [-0.39, 0.29) is 17.2 Å². The smallest absolute Gasteiger partial charge is 0.229 e. The molecule has 0 unspecified atom stereocenters. The highest BCUT2D eigenvalue weighted by Gasteiger charge is 2.04.